The van der Waals surface area contributed by atoms with Crippen molar-refractivity contribution in [2.45, 2.75) is 27.2 Å². The Kier molecular flexibility index (Phi) is 5.88. The molecule has 2 aromatic rings. The number of hydrogen-bond acceptors (Lipinski definition) is 4. The predicted molar refractivity (Wildman–Crippen MR) is 95.3 cm³/mol. The van der Waals surface area contributed by atoms with Crippen molar-refractivity contribution in [3.63, 3.8) is 0 Å². The molecule has 0 saturated heterocycles. The normalized spacial score (nSPS) is 12.0. The Labute approximate surface area is 141 Å². The largest absolute Gasteiger partial charge is 0.496 e. The summed E-state index contributed by atoms with van der Waals surface area (Å²) in [6.07, 6.45) is 8.14. The van der Waals surface area contributed by atoms with Crippen LogP contribution in [0.4, 0.5) is 0 Å². The van der Waals surface area contributed by atoms with Gasteiger partial charge in [-0.1, -0.05) is 24.6 Å². The Hall–Kier alpha value is -2.20. The van der Waals surface area contributed by atoms with Gasteiger partial charge >= 0.3 is 0 Å². The van der Waals surface area contributed by atoms with Gasteiger partial charge in [-0.3, -0.25) is 0 Å². The number of allylic oxidation sites excluding steroid dienone is 1. The van der Waals surface area contributed by atoms with Crippen molar-refractivity contribution in [3.8, 4) is 17.1 Å². The van der Waals surface area contributed by atoms with Gasteiger partial charge in [0.2, 0.25) is 0 Å². The average molecular weight is 330 g/mol. The molecule has 0 aliphatic rings. The second-order valence-corrected chi connectivity index (χ2v) is 5.51. The first kappa shape index (κ1) is 17.2. The van der Waals surface area contributed by atoms with E-state index in [-0.39, 0.29) is 0 Å². The molecule has 4 nitrogen and oxygen atoms in total. The second-order valence-electron chi connectivity index (χ2n) is 5.15. The van der Waals surface area contributed by atoms with E-state index in [1.807, 2.05) is 39.0 Å². The number of aromatic nitrogens is 2. The lowest BCUT2D eigenvalue weighted by molar-refractivity contribution is 0.412. The molecule has 0 radical (unpaired) electrons. The van der Waals surface area contributed by atoms with E-state index in [0.717, 1.165) is 34.4 Å². The first-order valence-electron chi connectivity index (χ1n) is 7.43. The smallest absolute Gasteiger partial charge is 0.159 e. The third kappa shape index (κ3) is 4.17. The van der Waals surface area contributed by atoms with Crippen LogP contribution in [0.1, 0.15) is 30.0 Å². The fourth-order valence-electron chi connectivity index (χ4n) is 2.08. The highest BCUT2D eigenvalue weighted by Gasteiger charge is 2.13. The second kappa shape index (κ2) is 7.88. The summed E-state index contributed by atoms with van der Waals surface area (Å²) in [5.41, 5.74) is 3.60. The molecule has 0 atom stereocenters. The molecule has 0 bridgehead atoms. The molecular weight excluding hydrogens is 310 g/mol. The molecule has 2 rings (SSSR count). The van der Waals surface area contributed by atoms with Gasteiger partial charge < -0.3 is 4.74 Å². The maximum atomic E-state index is 6.36. The van der Waals surface area contributed by atoms with Crippen LogP contribution in [0, 0.1) is 13.8 Å². The molecule has 0 aliphatic carbocycles. The number of aryl methyl sites for hydroxylation is 1. The first-order valence-corrected chi connectivity index (χ1v) is 7.81. The summed E-state index contributed by atoms with van der Waals surface area (Å²) in [5.74, 6) is 1.36. The number of methoxy groups -OCH3 is 1. The first-order chi connectivity index (χ1) is 11.1. The lowest BCUT2D eigenvalue weighted by Gasteiger charge is -2.12. The fourth-order valence-corrected chi connectivity index (χ4v) is 2.33. The van der Waals surface area contributed by atoms with Gasteiger partial charge in [-0.2, -0.15) is 0 Å². The van der Waals surface area contributed by atoms with Crippen LogP contribution < -0.4 is 4.74 Å². The molecule has 0 amide bonds. The van der Waals surface area contributed by atoms with Crippen molar-refractivity contribution in [2.24, 2.45) is 4.99 Å². The monoisotopic (exact) mass is 329 g/mol. The zero-order valence-electron chi connectivity index (χ0n) is 13.8. The Balaban J connectivity index is 2.54. The number of nitrogens with zero attached hydrogens (tertiary/aromatic N) is 3. The van der Waals surface area contributed by atoms with E-state index in [1.54, 1.807) is 25.7 Å². The third-order valence-corrected chi connectivity index (χ3v) is 3.67. The molecule has 0 unspecified atom stereocenters. The quantitative estimate of drug-likeness (QED) is 0.748. The van der Waals surface area contributed by atoms with Crippen molar-refractivity contribution >= 4 is 16.8 Å². The molecule has 0 spiro atoms. The lowest BCUT2D eigenvalue weighted by atomic mass is 10.0. The van der Waals surface area contributed by atoms with Gasteiger partial charge in [-0.05, 0) is 38.0 Å². The van der Waals surface area contributed by atoms with E-state index in [0.29, 0.717) is 11.0 Å². The van der Waals surface area contributed by atoms with Crippen LogP contribution in [0.3, 0.4) is 0 Å². The van der Waals surface area contributed by atoms with Crippen LogP contribution in [-0.4, -0.2) is 22.2 Å². The summed E-state index contributed by atoms with van der Waals surface area (Å²) in [7, 11) is 1.63. The minimum Gasteiger partial charge on any atom is -0.496 e. The van der Waals surface area contributed by atoms with Gasteiger partial charge in [0.25, 0.3) is 0 Å². The predicted octanol–water partition coefficient (Wildman–Crippen LogP) is 4.68. The number of benzene rings is 1. The Bertz CT molecular complexity index is 737. The van der Waals surface area contributed by atoms with E-state index < -0.39 is 0 Å². The summed E-state index contributed by atoms with van der Waals surface area (Å²) in [4.78, 5) is 13.0. The molecule has 0 aliphatic heterocycles. The van der Waals surface area contributed by atoms with E-state index in [9.17, 15) is 0 Å². The minimum absolute atomic E-state index is 0.416. The van der Waals surface area contributed by atoms with E-state index >= 15 is 0 Å². The maximum Gasteiger partial charge on any atom is 0.159 e. The number of hydrogen-bond donors (Lipinski definition) is 0. The van der Waals surface area contributed by atoms with Crippen molar-refractivity contribution in [3.05, 3.63) is 53.5 Å². The van der Waals surface area contributed by atoms with Crippen molar-refractivity contribution in [2.75, 3.05) is 7.11 Å². The Morgan fingerprint density at radius 2 is 1.96 bits per heavy atom. The highest BCUT2D eigenvalue weighted by atomic mass is 35.5. The summed E-state index contributed by atoms with van der Waals surface area (Å²) in [6, 6.07) is 3.85. The van der Waals surface area contributed by atoms with Gasteiger partial charge in [0, 0.05) is 35.3 Å². The number of rotatable bonds is 5. The number of aliphatic imine (C=N–C) groups is 1. The lowest BCUT2D eigenvalue weighted by Crippen LogP contribution is -2.00. The van der Waals surface area contributed by atoms with Crippen LogP contribution in [0.25, 0.3) is 11.4 Å². The van der Waals surface area contributed by atoms with Crippen molar-refractivity contribution in [1.29, 1.82) is 0 Å². The summed E-state index contributed by atoms with van der Waals surface area (Å²) < 4.78 is 5.46. The molecule has 0 N–H and O–H groups in total. The summed E-state index contributed by atoms with van der Waals surface area (Å²) >= 11 is 6.36. The molecule has 23 heavy (non-hydrogen) atoms. The molecule has 1 aromatic heterocycles. The zero-order chi connectivity index (χ0) is 16.8. The van der Waals surface area contributed by atoms with Crippen LogP contribution in [0.15, 0.2) is 41.8 Å². The maximum absolute atomic E-state index is 6.36. The average Bonchev–Trinajstić information content (AvgIpc) is 2.56. The van der Waals surface area contributed by atoms with Crippen LogP contribution in [-0.2, 0) is 0 Å². The SMILES string of the molecule is CC/C=C/N=C(Cl)c1cc(-c2ncc(C)cn2)cc(OC)c1C. The molecule has 120 valence electrons. The summed E-state index contributed by atoms with van der Waals surface area (Å²) in [5, 5.41) is 0.416. The third-order valence-electron chi connectivity index (χ3n) is 3.37. The van der Waals surface area contributed by atoms with Gasteiger partial charge in [-0.25, -0.2) is 15.0 Å². The van der Waals surface area contributed by atoms with Gasteiger partial charge in [-0.15, -0.1) is 0 Å². The van der Waals surface area contributed by atoms with E-state index in [1.165, 1.54) is 0 Å². The standard InChI is InChI=1S/C18H20ClN3O/c1-5-6-7-20-17(19)15-8-14(9-16(23-4)13(15)3)18-21-10-12(2)11-22-18/h6-11H,5H2,1-4H3/b7-6+,20-17?. The highest BCUT2D eigenvalue weighted by Crippen LogP contribution is 2.29. The van der Waals surface area contributed by atoms with Crippen LogP contribution >= 0.6 is 11.6 Å². The van der Waals surface area contributed by atoms with Gasteiger partial charge in [0.05, 0.1) is 7.11 Å². The number of halogens is 1. The van der Waals surface area contributed by atoms with E-state index in [4.69, 9.17) is 16.3 Å². The van der Waals surface area contributed by atoms with Crippen molar-refractivity contribution in [1.82, 2.24) is 9.97 Å². The minimum atomic E-state index is 0.416. The highest BCUT2D eigenvalue weighted by molar-refractivity contribution is 6.69. The molecule has 5 heteroatoms. The molecule has 0 saturated carbocycles. The Morgan fingerprint density at radius 1 is 1.26 bits per heavy atom. The van der Waals surface area contributed by atoms with Crippen LogP contribution in [0.5, 0.6) is 5.75 Å². The molecular formula is C18H20ClN3O. The molecule has 0 fully saturated rings. The van der Waals surface area contributed by atoms with Crippen LogP contribution in [0.2, 0.25) is 0 Å². The topological polar surface area (TPSA) is 47.4 Å². The molecule has 1 aromatic carbocycles. The molecule has 1 heterocycles. The van der Waals surface area contributed by atoms with Gasteiger partial charge in [0.15, 0.2) is 5.82 Å². The zero-order valence-corrected chi connectivity index (χ0v) is 14.6. The van der Waals surface area contributed by atoms with Crippen molar-refractivity contribution < 1.29 is 4.74 Å². The van der Waals surface area contributed by atoms with Gasteiger partial charge in [0.1, 0.15) is 10.9 Å². The fraction of sp³-hybridized carbons (Fsp3) is 0.278. The number of ether oxygens (including phenoxy) is 1. The summed E-state index contributed by atoms with van der Waals surface area (Å²) in [6.45, 7) is 5.95. The van der Waals surface area contributed by atoms with E-state index in [2.05, 4.69) is 15.0 Å². The Morgan fingerprint density at radius 3 is 2.57 bits per heavy atom.